The summed E-state index contributed by atoms with van der Waals surface area (Å²) >= 11 is 1.50. The number of nitrogens with zero attached hydrogens (tertiary/aromatic N) is 3. The van der Waals surface area contributed by atoms with Crippen molar-refractivity contribution in [3.63, 3.8) is 0 Å². The van der Waals surface area contributed by atoms with Gasteiger partial charge in [-0.2, -0.15) is 0 Å². The first-order chi connectivity index (χ1) is 9.74. The summed E-state index contributed by atoms with van der Waals surface area (Å²) in [5.41, 5.74) is 3.24. The van der Waals surface area contributed by atoms with Gasteiger partial charge >= 0.3 is 0 Å². The van der Waals surface area contributed by atoms with Gasteiger partial charge in [-0.25, -0.2) is 15.0 Å². The van der Waals surface area contributed by atoms with E-state index < -0.39 is 0 Å². The number of H-pyrrole nitrogens is 1. The molecular formula is C14H15N5S. The van der Waals surface area contributed by atoms with E-state index in [9.17, 15) is 0 Å². The number of aryl methyl sites for hydroxylation is 1. The Balaban J connectivity index is 1.87. The Morgan fingerprint density at radius 3 is 3.00 bits per heavy atom. The van der Waals surface area contributed by atoms with Gasteiger partial charge in [0.05, 0.1) is 11.0 Å². The maximum Gasteiger partial charge on any atom is 0.172 e. The predicted molar refractivity (Wildman–Crippen MR) is 81.1 cm³/mol. The Morgan fingerprint density at radius 1 is 1.25 bits per heavy atom. The zero-order valence-corrected chi connectivity index (χ0v) is 12.2. The summed E-state index contributed by atoms with van der Waals surface area (Å²) in [6, 6.07) is 8.10. The van der Waals surface area contributed by atoms with Crippen LogP contribution in [0.1, 0.15) is 12.5 Å². The van der Waals surface area contributed by atoms with Crippen molar-refractivity contribution in [1.29, 1.82) is 0 Å². The molecule has 20 heavy (non-hydrogen) atoms. The largest absolute Gasteiger partial charge is 0.370 e. The van der Waals surface area contributed by atoms with Gasteiger partial charge in [0.2, 0.25) is 0 Å². The molecule has 0 radical (unpaired) electrons. The number of anilines is 1. The number of aromatic nitrogens is 4. The van der Waals surface area contributed by atoms with E-state index in [4.69, 9.17) is 0 Å². The lowest BCUT2D eigenvalue weighted by Gasteiger charge is -2.02. The third-order valence-electron chi connectivity index (χ3n) is 2.82. The second-order valence-corrected chi connectivity index (χ2v) is 5.45. The lowest BCUT2D eigenvalue weighted by Crippen LogP contribution is -1.99. The van der Waals surface area contributed by atoms with Gasteiger partial charge in [0.15, 0.2) is 5.16 Å². The molecule has 2 N–H and O–H groups in total. The highest BCUT2D eigenvalue weighted by molar-refractivity contribution is 7.99. The highest BCUT2D eigenvalue weighted by Gasteiger charge is 2.06. The number of hydrogen-bond donors (Lipinski definition) is 2. The molecule has 0 fully saturated rings. The molecule has 2 heterocycles. The molecule has 5 nitrogen and oxygen atoms in total. The first-order valence-corrected chi connectivity index (χ1v) is 7.26. The Kier molecular flexibility index (Phi) is 3.56. The van der Waals surface area contributed by atoms with Crippen molar-refractivity contribution in [2.45, 2.75) is 24.0 Å². The molecular weight excluding hydrogens is 270 g/mol. The molecule has 0 unspecified atom stereocenters. The van der Waals surface area contributed by atoms with E-state index in [-0.39, 0.29) is 0 Å². The molecule has 6 heteroatoms. The summed E-state index contributed by atoms with van der Waals surface area (Å²) in [5, 5.41) is 4.88. The van der Waals surface area contributed by atoms with Gasteiger partial charge in [0.1, 0.15) is 17.2 Å². The lowest BCUT2D eigenvalue weighted by atomic mass is 10.2. The van der Waals surface area contributed by atoms with Crippen molar-refractivity contribution in [2.75, 3.05) is 11.9 Å². The van der Waals surface area contributed by atoms with Gasteiger partial charge in [0.25, 0.3) is 0 Å². The van der Waals surface area contributed by atoms with Crippen LogP contribution in [0.2, 0.25) is 0 Å². The second kappa shape index (κ2) is 5.50. The maximum atomic E-state index is 4.55. The minimum Gasteiger partial charge on any atom is -0.370 e. The average molecular weight is 285 g/mol. The second-order valence-electron chi connectivity index (χ2n) is 4.44. The molecule has 1 aromatic carbocycles. The number of benzene rings is 1. The summed E-state index contributed by atoms with van der Waals surface area (Å²) in [5.74, 6) is 0.831. The molecule has 3 rings (SSSR count). The van der Waals surface area contributed by atoms with Crippen molar-refractivity contribution in [3.8, 4) is 0 Å². The van der Waals surface area contributed by atoms with Crippen LogP contribution >= 0.6 is 11.8 Å². The van der Waals surface area contributed by atoms with Crippen LogP contribution in [0.3, 0.4) is 0 Å². The first kappa shape index (κ1) is 12.9. The number of aromatic amines is 1. The summed E-state index contributed by atoms with van der Waals surface area (Å²) in [6.07, 6.45) is 1.56. The van der Waals surface area contributed by atoms with E-state index >= 15 is 0 Å². The monoisotopic (exact) mass is 285 g/mol. The smallest absolute Gasteiger partial charge is 0.172 e. The minimum absolute atomic E-state index is 0.831. The van der Waals surface area contributed by atoms with Crippen LogP contribution in [0, 0.1) is 6.92 Å². The molecule has 0 aliphatic rings. The zero-order valence-electron chi connectivity index (χ0n) is 11.3. The van der Waals surface area contributed by atoms with Crippen LogP contribution in [0.15, 0.2) is 40.8 Å². The number of imidazole rings is 1. The van der Waals surface area contributed by atoms with Crippen LogP contribution < -0.4 is 5.32 Å². The molecule has 0 bridgehead atoms. The van der Waals surface area contributed by atoms with E-state index in [0.29, 0.717) is 0 Å². The fraction of sp³-hybridized carbons (Fsp3) is 0.214. The fourth-order valence-electron chi connectivity index (χ4n) is 1.92. The summed E-state index contributed by atoms with van der Waals surface area (Å²) < 4.78 is 0. The molecule has 0 aliphatic carbocycles. The summed E-state index contributed by atoms with van der Waals surface area (Å²) in [6.45, 7) is 4.95. The molecule has 0 spiro atoms. The van der Waals surface area contributed by atoms with Crippen LogP contribution in [0.4, 0.5) is 5.82 Å². The standard InChI is InChI=1S/C14H15N5S/c1-3-15-12-7-13(17-8-16-12)20-14-18-10-5-4-9(2)6-11(10)19-14/h4-8H,3H2,1-2H3,(H,18,19)(H,15,16,17). The Morgan fingerprint density at radius 2 is 2.15 bits per heavy atom. The van der Waals surface area contributed by atoms with Crippen molar-refractivity contribution < 1.29 is 0 Å². The average Bonchev–Trinajstić information content (AvgIpc) is 2.81. The number of fused-ring (bicyclic) bond motifs is 1. The van der Waals surface area contributed by atoms with Crippen LogP contribution in [-0.2, 0) is 0 Å². The van der Waals surface area contributed by atoms with Gasteiger partial charge in [-0.15, -0.1) is 0 Å². The topological polar surface area (TPSA) is 66.5 Å². The van der Waals surface area contributed by atoms with Crippen LogP contribution in [-0.4, -0.2) is 26.5 Å². The van der Waals surface area contributed by atoms with Crippen molar-refractivity contribution in [3.05, 3.63) is 36.2 Å². The predicted octanol–water partition coefficient (Wildman–Crippen LogP) is 3.24. The summed E-state index contributed by atoms with van der Waals surface area (Å²) in [7, 11) is 0. The molecule has 2 aromatic heterocycles. The molecule has 3 aromatic rings. The third-order valence-corrected chi connectivity index (χ3v) is 3.64. The quantitative estimate of drug-likeness (QED) is 0.720. The van der Waals surface area contributed by atoms with E-state index in [0.717, 1.165) is 33.6 Å². The minimum atomic E-state index is 0.831. The Bertz CT molecular complexity index is 737. The Hall–Kier alpha value is -2.08. The molecule has 0 saturated heterocycles. The van der Waals surface area contributed by atoms with Gasteiger partial charge in [-0.1, -0.05) is 6.07 Å². The molecule has 0 amide bonds. The van der Waals surface area contributed by atoms with Gasteiger partial charge in [-0.05, 0) is 43.3 Å². The van der Waals surface area contributed by atoms with Crippen LogP contribution in [0.5, 0.6) is 0 Å². The van der Waals surface area contributed by atoms with Crippen molar-refractivity contribution >= 4 is 28.6 Å². The van der Waals surface area contributed by atoms with Gasteiger partial charge < -0.3 is 10.3 Å². The Labute approximate surface area is 121 Å². The maximum absolute atomic E-state index is 4.55. The van der Waals surface area contributed by atoms with Gasteiger partial charge in [-0.3, -0.25) is 0 Å². The molecule has 0 atom stereocenters. The highest BCUT2D eigenvalue weighted by atomic mass is 32.2. The SMILES string of the molecule is CCNc1cc(Sc2nc3ccc(C)cc3[nH]2)ncn1. The first-order valence-electron chi connectivity index (χ1n) is 6.45. The number of hydrogen-bond acceptors (Lipinski definition) is 5. The normalized spacial score (nSPS) is 10.9. The van der Waals surface area contributed by atoms with Crippen molar-refractivity contribution in [1.82, 2.24) is 19.9 Å². The van der Waals surface area contributed by atoms with E-state index in [1.807, 2.05) is 19.1 Å². The van der Waals surface area contributed by atoms with E-state index in [1.54, 1.807) is 6.33 Å². The highest BCUT2D eigenvalue weighted by Crippen LogP contribution is 2.26. The third kappa shape index (κ3) is 2.75. The number of rotatable bonds is 4. The lowest BCUT2D eigenvalue weighted by molar-refractivity contribution is 1.01. The molecule has 0 saturated carbocycles. The number of nitrogens with one attached hydrogen (secondary N) is 2. The summed E-state index contributed by atoms with van der Waals surface area (Å²) in [4.78, 5) is 16.3. The fourth-order valence-corrected chi connectivity index (χ4v) is 2.69. The molecule has 102 valence electrons. The zero-order chi connectivity index (χ0) is 13.9. The van der Waals surface area contributed by atoms with Crippen LogP contribution in [0.25, 0.3) is 11.0 Å². The van der Waals surface area contributed by atoms with Gasteiger partial charge in [0, 0.05) is 12.6 Å². The van der Waals surface area contributed by atoms with Crippen molar-refractivity contribution in [2.24, 2.45) is 0 Å². The van der Waals surface area contributed by atoms with E-state index in [1.165, 1.54) is 17.3 Å². The van der Waals surface area contributed by atoms with E-state index in [2.05, 4.69) is 44.3 Å². The molecule has 0 aliphatic heterocycles.